The highest BCUT2D eigenvalue weighted by Crippen LogP contribution is 2.29. The number of aromatic amines is 1. The largest absolute Gasteiger partial charge is 0.477 e. The van der Waals surface area contributed by atoms with E-state index in [2.05, 4.69) is 20.9 Å². The van der Waals surface area contributed by atoms with Gasteiger partial charge in [0.2, 0.25) is 0 Å². The number of hydrogen-bond donors (Lipinski definition) is 2. The van der Waals surface area contributed by atoms with E-state index < -0.39 is 5.97 Å². The molecular formula is C7H4BrNO2S. The Kier molecular flexibility index (Phi) is 1.69. The SMILES string of the molecule is O=C(O)c1cc2sc(Br)cc2[nH]1. The number of carboxylic acid groups (broad SMARTS) is 1. The van der Waals surface area contributed by atoms with E-state index in [1.54, 1.807) is 6.07 Å². The summed E-state index contributed by atoms with van der Waals surface area (Å²) >= 11 is 4.83. The lowest BCUT2D eigenvalue weighted by atomic mass is 10.4. The van der Waals surface area contributed by atoms with Crippen molar-refractivity contribution in [3.05, 3.63) is 21.6 Å². The molecule has 0 aromatic carbocycles. The average molecular weight is 246 g/mol. The van der Waals surface area contributed by atoms with E-state index in [1.165, 1.54) is 11.3 Å². The first-order valence-electron chi connectivity index (χ1n) is 3.18. The highest BCUT2D eigenvalue weighted by molar-refractivity contribution is 9.11. The minimum absolute atomic E-state index is 0.240. The second kappa shape index (κ2) is 2.60. The summed E-state index contributed by atoms with van der Waals surface area (Å²) in [6.45, 7) is 0. The molecule has 12 heavy (non-hydrogen) atoms. The molecule has 0 unspecified atom stereocenters. The standard InChI is InChI=1S/C7H4BrNO2S/c8-6-2-3-5(12-6)1-4(9-3)7(10)11/h1-2,9H,(H,10,11). The molecule has 0 bridgehead atoms. The van der Waals surface area contributed by atoms with E-state index >= 15 is 0 Å². The molecule has 5 heteroatoms. The minimum Gasteiger partial charge on any atom is -0.477 e. The molecule has 2 N–H and O–H groups in total. The maximum absolute atomic E-state index is 10.5. The predicted molar refractivity (Wildman–Crippen MR) is 50.8 cm³/mol. The second-order valence-electron chi connectivity index (χ2n) is 2.32. The van der Waals surface area contributed by atoms with E-state index in [9.17, 15) is 4.79 Å². The van der Waals surface area contributed by atoms with Gasteiger partial charge in [0.05, 0.1) is 14.0 Å². The van der Waals surface area contributed by atoms with Gasteiger partial charge in [0.25, 0.3) is 0 Å². The van der Waals surface area contributed by atoms with Crippen molar-refractivity contribution in [2.75, 3.05) is 0 Å². The molecule has 0 aliphatic carbocycles. The quantitative estimate of drug-likeness (QED) is 0.812. The Balaban J connectivity index is 2.64. The first-order chi connectivity index (χ1) is 5.66. The highest BCUT2D eigenvalue weighted by atomic mass is 79.9. The molecular weight excluding hydrogens is 242 g/mol. The van der Waals surface area contributed by atoms with Gasteiger partial charge in [-0.2, -0.15) is 0 Å². The molecule has 2 heterocycles. The molecule has 2 aromatic rings. The normalized spacial score (nSPS) is 10.8. The summed E-state index contributed by atoms with van der Waals surface area (Å²) in [7, 11) is 0. The summed E-state index contributed by atoms with van der Waals surface area (Å²) in [5, 5.41) is 8.64. The summed E-state index contributed by atoms with van der Waals surface area (Å²) in [6, 6.07) is 3.50. The number of hydrogen-bond acceptors (Lipinski definition) is 2. The van der Waals surface area contributed by atoms with Crippen molar-refractivity contribution in [1.82, 2.24) is 4.98 Å². The van der Waals surface area contributed by atoms with Crippen LogP contribution in [0.1, 0.15) is 10.5 Å². The number of aromatic nitrogens is 1. The van der Waals surface area contributed by atoms with Gasteiger partial charge in [-0.1, -0.05) is 0 Å². The number of rotatable bonds is 1. The third-order valence-corrected chi connectivity index (χ3v) is 3.09. The lowest BCUT2D eigenvalue weighted by Gasteiger charge is -1.83. The van der Waals surface area contributed by atoms with Crippen LogP contribution in [-0.2, 0) is 0 Å². The molecule has 0 spiro atoms. The number of nitrogens with one attached hydrogen (secondary N) is 1. The van der Waals surface area contributed by atoms with Gasteiger partial charge < -0.3 is 10.1 Å². The Hall–Kier alpha value is -0.810. The van der Waals surface area contributed by atoms with Crippen molar-refractivity contribution in [3.8, 4) is 0 Å². The third-order valence-electron chi connectivity index (χ3n) is 1.51. The van der Waals surface area contributed by atoms with Crippen LogP contribution in [0.2, 0.25) is 0 Å². The fourth-order valence-corrected chi connectivity index (χ4v) is 2.54. The predicted octanol–water partition coefficient (Wildman–Crippen LogP) is 2.69. The van der Waals surface area contributed by atoms with Crippen molar-refractivity contribution >= 4 is 43.5 Å². The number of carbonyl (C=O) groups is 1. The van der Waals surface area contributed by atoms with Gasteiger partial charge in [-0.05, 0) is 28.1 Å². The van der Waals surface area contributed by atoms with E-state index in [-0.39, 0.29) is 5.69 Å². The number of aromatic carboxylic acids is 1. The number of fused-ring (bicyclic) bond motifs is 1. The smallest absolute Gasteiger partial charge is 0.352 e. The van der Waals surface area contributed by atoms with Crippen LogP contribution >= 0.6 is 27.3 Å². The van der Waals surface area contributed by atoms with Gasteiger partial charge >= 0.3 is 5.97 Å². The van der Waals surface area contributed by atoms with Gasteiger partial charge in [-0.25, -0.2) is 4.79 Å². The molecule has 62 valence electrons. The summed E-state index contributed by atoms with van der Waals surface area (Å²) in [5.41, 5.74) is 1.10. The molecule has 2 rings (SSSR count). The lowest BCUT2D eigenvalue weighted by molar-refractivity contribution is 0.0691. The average Bonchev–Trinajstić information content (AvgIpc) is 2.42. The van der Waals surface area contributed by atoms with Crippen LogP contribution < -0.4 is 0 Å². The molecule has 0 saturated carbocycles. The summed E-state index contributed by atoms with van der Waals surface area (Å²) < 4.78 is 1.96. The maximum atomic E-state index is 10.5. The molecule has 0 aliphatic heterocycles. The first kappa shape index (κ1) is 7.82. The van der Waals surface area contributed by atoms with Crippen molar-refractivity contribution < 1.29 is 9.90 Å². The lowest BCUT2D eigenvalue weighted by Crippen LogP contribution is -1.94. The topological polar surface area (TPSA) is 53.1 Å². The van der Waals surface area contributed by atoms with E-state index in [0.717, 1.165) is 14.0 Å². The molecule has 0 radical (unpaired) electrons. The van der Waals surface area contributed by atoms with Crippen molar-refractivity contribution in [1.29, 1.82) is 0 Å². The summed E-state index contributed by atoms with van der Waals surface area (Å²) in [6.07, 6.45) is 0. The molecule has 0 amide bonds. The Morgan fingerprint density at radius 1 is 1.58 bits per heavy atom. The monoisotopic (exact) mass is 245 g/mol. The molecule has 0 fully saturated rings. The van der Waals surface area contributed by atoms with Gasteiger partial charge in [0, 0.05) is 0 Å². The Morgan fingerprint density at radius 3 is 2.92 bits per heavy atom. The van der Waals surface area contributed by atoms with Gasteiger partial charge in [-0.3, -0.25) is 0 Å². The van der Waals surface area contributed by atoms with Crippen LogP contribution in [-0.4, -0.2) is 16.1 Å². The Labute approximate surface area is 80.2 Å². The molecule has 3 nitrogen and oxygen atoms in total. The molecule has 0 atom stereocenters. The van der Waals surface area contributed by atoms with Crippen molar-refractivity contribution in [3.63, 3.8) is 0 Å². The van der Waals surface area contributed by atoms with Gasteiger partial charge in [0.15, 0.2) is 0 Å². The zero-order valence-corrected chi connectivity index (χ0v) is 8.20. The van der Waals surface area contributed by atoms with Crippen molar-refractivity contribution in [2.24, 2.45) is 0 Å². The third kappa shape index (κ3) is 1.15. The number of carboxylic acids is 1. The molecule has 0 aliphatic rings. The summed E-state index contributed by atoms with van der Waals surface area (Å²) in [5.74, 6) is -0.922. The fraction of sp³-hybridized carbons (Fsp3) is 0. The van der Waals surface area contributed by atoms with E-state index in [1.807, 2.05) is 6.07 Å². The zero-order chi connectivity index (χ0) is 8.72. The van der Waals surface area contributed by atoms with Crippen LogP contribution in [0.5, 0.6) is 0 Å². The second-order valence-corrected chi connectivity index (χ2v) is 4.78. The molecule has 0 saturated heterocycles. The highest BCUT2D eigenvalue weighted by Gasteiger charge is 2.08. The van der Waals surface area contributed by atoms with Gasteiger partial charge in [0.1, 0.15) is 5.69 Å². The van der Waals surface area contributed by atoms with Crippen LogP contribution in [0, 0.1) is 0 Å². The fourth-order valence-electron chi connectivity index (χ4n) is 1.01. The van der Waals surface area contributed by atoms with Crippen LogP contribution in [0.15, 0.2) is 15.9 Å². The number of H-pyrrole nitrogens is 1. The van der Waals surface area contributed by atoms with Crippen LogP contribution in [0.25, 0.3) is 10.2 Å². The van der Waals surface area contributed by atoms with Crippen LogP contribution in [0.3, 0.4) is 0 Å². The molecule has 2 aromatic heterocycles. The Morgan fingerprint density at radius 2 is 2.33 bits per heavy atom. The summed E-state index contributed by atoms with van der Waals surface area (Å²) in [4.78, 5) is 13.3. The maximum Gasteiger partial charge on any atom is 0.352 e. The Bertz CT molecular complexity index is 414. The van der Waals surface area contributed by atoms with E-state index in [4.69, 9.17) is 5.11 Å². The number of halogens is 1. The van der Waals surface area contributed by atoms with Crippen molar-refractivity contribution in [2.45, 2.75) is 0 Å². The van der Waals surface area contributed by atoms with E-state index in [0.29, 0.717) is 0 Å². The zero-order valence-electron chi connectivity index (χ0n) is 5.80. The van der Waals surface area contributed by atoms with Crippen LogP contribution in [0.4, 0.5) is 0 Å². The first-order valence-corrected chi connectivity index (χ1v) is 4.79. The minimum atomic E-state index is -0.922. The van der Waals surface area contributed by atoms with Gasteiger partial charge in [-0.15, -0.1) is 11.3 Å². The number of thiophene rings is 1.